The highest BCUT2D eigenvalue weighted by Gasteiger charge is 2.19. The van der Waals surface area contributed by atoms with Crippen LogP contribution in [0.3, 0.4) is 0 Å². The van der Waals surface area contributed by atoms with Crippen LogP contribution in [0.4, 0.5) is 11.6 Å². The molecule has 144 valence electrons. The quantitative estimate of drug-likeness (QED) is 0.830. The number of methoxy groups -OCH3 is 1. The largest absolute Gasteiger partial charge is 0.493 e. The third-order valence-corrected chi connectivity index (χ3v) is 4.23. The highest BCUT2D eigenvalue weighted by atomic mass is 16.5. The normalized spacial score (nSPS) is 15.1. The van der Waals surface area contributed by atoms with E-state index in [9.17, 15) is 4.79 Å². The molecule has 1 saturated heterocycles. The van der Waals surface area contributed by atoms with Crippen molar-refractivity contribution in [3.63, 3.8) is 0 Å². The highest BCUT2D eigenvalue weighted by molar-refractivity contribution is 5.93. The molecule has 0 aliphatic carbocycles. The zero-order valence-corrected chi connectivity index (χ0v) is 15.8. The minimum Gasteiger partial charge on any atom is -0.493 e. The Hall–Kier alpha value is -2.87. The summed E-state index contributed by atoms with van der Waals surface area (Å²) in [6, 6.07) is 7.31. The molecular formula is C19H24N4O4. The fourth-order valence-corrected chi connectivity index (χ4v) is 2.72. The van der Waals surface area contributed by atoms with Gasteiger partial charge in [0.05, 0.1) is 20.3 Å². The van der Waals surface area contributed by atoms with Crippen LogP contribution >= 0.6 is 0 Å². The lowest BCUT2D eigenvalue weighted by atomic mass is 10.2. The molecule has 1 amide bonds. The maximum Gasteiger partial charge on any atom is 0.266 e. The van der Waals surface area contributed by atoms with Gasteiger partial charge in [0, 0.05) is 19.2 Å². The van der Waals surface area contributed by atoms with Gasteiger partial charge in [-0.25, -0.2) is 9.97 Å². The third kappa shape index (κ3) is 4.85. The molecule has 8 nitrogen and oxygen atoms in total. The maximum atomic E-state index is 12.5. The van der Waals surface area contributed by atoms with Gasteiger partial charge in [-0.1, -0.05) is 6.07 Å². The summed E-state index contributed by atoms with van der Waals surface area (Å²) in [5.41, 5.74) is 1.05. The average molecular weight is 372 g/mol. The molecule has 8 heteroatoms. The number of hydrogen-bond donors (Lipinski definition) is 1. The third-order valence-electron chi connectivity index (χ3n) is 4.23. The molecule has 2 aromatic rings. The van der Waals surface area contributed by atoms with Gasteiger partial charge in [0.2, 0.25) is 0 Å². The molecule has 0 spiro atoms. The number of aromatic nitrogens is 2. The molecule has 27 heavy (non-hydrogen) atoms. The van der Waals surface area contributed by atoms with Gasteiger partial charge in [-0.15, -0.1) is 0 Å². The van der Waals surface area contributed by atoms with Gasteiger partial charge in [-0.2, -0.15) is 0 Å². The Morgan fingerprint density at radius 1 is 1.22 bits per heavy atom. The first-order valence-electron chi connectivity index (χ1n) is 8.83. The Kier molecular flexibility index (Phi) is 6.08. The van der Waals surface area contributed by atoms with Gasteiger partial charge < -0.3 is 24.4 Å². The van der Waals surface area contributed by atoms with Crippen molar-refractivity contribution in [3.8, 4) is 11.5 Å². The number of aryl methyl sites for hydroxylation is 1. The monoisotopic (exact) mass is 372 g/mol. The Morgan fingerprint density at radius 3 is 2.74 bits per heavy atom. The topological polar surface area (TPSA) is 85.8 Å². The van der Waals surface area contributed by atoms with Crippen LogP contribution in [0.15, 0.2) is 30.6 Å². The molecule has 2 heterocycles. The van der Waals surface area contributed by atoms with Crippen molar-refractivity contribution in [2.45, 2.75) is 20.0 Å². The summed E-state index contributed by atoms with van der Waals surface area (Å²) in [6.07, 6.45) is 0.720. The average Bonchev–Trinajstić information content (AvgIpc) is 2.70. The lowest BCUT2D eigenvalue weighted by molar-refractivity contribution is -0.122. The van der Waals surface area contributed by atoms with Gasteiger partial charge in [-0.3, -0.25) is 4.79 Å². The van der Waals surface area contributed by atoms with E-state index in [0.29, 0.717) is 30.5 Å². The number of carbonyl (C=O) groups excluding carboxylic acids is 1. The number of hydrogen-bond acceptors (Lipinski definition) is 7. The summed E-state index contributed by atoms with van der Waals surface area (Å²) < 4.78 is 16.4. The molecule has 1 unspecified atom stereocenters. The number of nitrogens with one attached hydrogen (secondary N) is 1. The summed E-state index contributed by atoms with van der Waals surface area (Å²) in [4.78, 5) is 23.0. The molecule has 1 aliphatic heterocycles. The van der Waals surface area contributed by atoms with Crippen LogP contribution < -0.4 is 19.7 Å². The van der Waals surface area contributed by atoms with E-state index in [4.69, 9.17) is 14.2 Å². The second kappa shape index (κ2) is 8.68. The number of morpholine rings is 1. The molecule has 3 rings (SSSR count). The highest BCUT2D eigenvalue weighted by Crippen LogP contribution is 2.28. The van der Waals surface area contributed by atoms with Crippen molar-refractivity contribution in [1.82, 2.24) is 9.97 Å². The predicted molar refractivity (Wildman–Crippen MR) is 102 cm³/mol. The minimum atomic E-state index is -0.719. The molecule has 1 atom stereocenters. The fraction of sp³-hybridized carbons (Fsp3) is 0.421. The van der Waals surface area contributed by atoms with E-state index in [2.05, 4.69) is 20.2 Å². The van der Waals surface area contributed by atoms with E-state index in [1.54, 1.807) is 26.2 Å². The van der Waals surface area contributed by atoms with Crippen LogP contribution in [0.2, 0.25) is 0 Å². The van der Waals surface area contributed by atoms with Crippen LogP contribution in [0.1, 0.15) is 12.5 Å². The van der Waals surface area contributed by atoms with Gasteiger partial charge in [-0.05, 0) is 31.5 Å². The van der Waals surface area contributed by atoms with Crippen LogP contribution in [0, 0.1) is 6.92 Å². The molecule has 0 saturated carbocycles. The van der Waals surface area contributed by atoms with Crippen molar-refractivity contribution in [2.24, 2.45) is 0 Å². The molecule has 1 fully saturated rings. The molecule has 0 bridgehead atoms. The van der Waals surface area contributed by atoms with Gasteiger partial charge >= 0.3 is 0 Å². The molecule has 1 aromatic heterocycles. The predicted octanol–water partition coefficient (Wildman–Crippen LogP) is 2.04. The zero-order valence-electron chi connectivity index (χ0n) is 15.8. The lowest BCUT2D eigenvalue weighted by Gasteiger charge is -2.27. The van der Waals surface area contributed by atoms with Gasteiger partial charge in [0.15, 0.2) is 17.6 Å². The second-order valence-electron chi connectivity index (χ2n) is 6.26. The Bertz CT molecular complexity index is 793. The van der Waals surface area contributed by atoms with Crippen LogP contribution in [-0.2, 0) is 9.53 Å². The van der Waals surface area contributed by atoms with Crippen molar-refractivity contribution >= 4 is 17.5 Å². The number of carbonyl (C=O) groups is 1. The smallest absolute Gasteiger partial charge is 0.266 e. The van der Waals surface area contributed by atoms with Crippen LogP contribution in [0.25, 0.3) is 0 Å². The van der Waals surface area contributed by atoms with E-state index in [1.165, 1.54) is 6.33 Å². The SMILES string of the molecule is COc1cc(C)ccc1OC(C)C(=O)Nc1cc(N2CCOCC2)ncn1. The van der Waals surface area contributed by atoms with E-state index in [0.717, 1.165) is 24.5 Å². The summed E-state index contributed by atoms with van der Waals surface area (Å²) in [7, 11) is 1.57. The van der Waals surface area contributed by atoms with Crippen molar-refractivity contribution in [2.75, 3.05) is 43.6 Å². The van der Waals surface area contributed by atoms with Crippen LogP contribution in [-0.4, -0.2) is 55.4 Å². The first kappa shape index (κ1) is 18.9. The number of rotatable bonds is 6. The Morgan fingerprint density at radius 2 is 2.00 bits per heavy atom. The number of benzene rings is 1. The molecule has 1 N–H and O–H groups in total. The molecule has 1 aliphatic rings. The second-order valence-corrected chi connectivity index (χ2v) is 6.26. The van der Waals surface area contributed by atoms with Crippen molar-refractivity contribution < 1.29 is 19.0 Å². The summed E-state index contributed by atoms with van der Waals surface area (Å²) >= 11 is 0. The standard InChI is InChI=1S/C19H24N4O4/c1-13-4-5-15(16(10-13)25-3)27-14(2)19(24)22-17-11-18(21-12-20-17)23-6-8-26-9-7-23/h4-5,10-12,14H,6-9H2,1-3H3,(H,20,21,22,24). The van der Waals surface area contributed by atoms with E-state index < -0.39 is 6.10 Å². The number of ether oxygens (including phenoxy) is 3. The van der Waals surface area contributed by atoms with E-state index in [-0.39, 0.29) is 5.91 Å². The molecule has 1 aromatic carbocycles. The minimum absolute atomic E-state index is 0.302. The Labute approximate surface area is 158 Å². The van der Waals surface area contributed by atoms with Crippen LogP contribution in [0.5, 0.6) is 11.5 Å². The maximum absolute atomic E-state index is 12.5. The first-order chi connectivity index (χ1) is 13.1. The van der Waals surface area contributed by atoms with Crippen molar-refractivity contribution in [1.29, 1.82) is 0 Å². The van der Waals surface area contributed by atoms with Gasteiger partial charge in [0.1, 0.15) is 18.0 Å². The lowest BCUT2D eigenvalue weighted by Crippen LogP contribution is -2.37. The number of anilines is 2. The summed E-state index contributed by atoms with van der Waals surface area (Å²) in [5.74, 6) is 2.00. The number of nitrogens with zero attached hydrogens (tertiary/aromatic N) is 3. The zero-order chi connectivity index (χ0) is 19.2. The Balaban J connectivity index is 1.64. The number of amides is 1. The van der Waals surface area contributed by atoms with E-state index >= 15 is 0 Å². The fourth-order valence-electron chi connectivity index (χ4n) is 2.72. The summed E-state index contributed by atoms with van der Waals surface area (Å²) in [5, 5.41) is 2.78. The summed E-state index contributed by atoms with van der Waals surface area (Å²) in [6.45, 7) is 6.49. The first-order valence-corrected chi connectivity index (χ1v) is 8.83. The van der Waals surface area contributed by atoms with Gasteiger partial charge in [0.25, 0.3) is 5.91 Å². The van der Waals surface area contributed by atoms with E-state index in [1.807, 2.05) is 19.1 Å². The molecule has 0 radical (unpaired) electrons. The van der Waals surface area contributed by atoms with Crippen molar-refractivity contribution in [3.05, 3.63) is 36.2 Å². The molecular weight excluding hydrogens is 348 g/mol.